The van der Waals surface area contributed by atoms with Crippen LogP contribution in [-0.2, 0) is 0 Å². The van der Waals surface area contributed by atoms with E-state index in [4.69, 9.17) is 17.3 Å². The first-order valence-electron chi connectivity index (χ1n) is 5.56. The Hall–Kier alpha value is -0.580. The van der Waals surface area contributed by atoms with Gasteiger partial charge in [-0.3, -0.25) is 4.79 Å². The van der Waals surface area contributed by atoms with Gasteiger partial charge in [0.2, 0.25) is 0 Å². The molecule has 3 nitrogen and oxygen atoms in total. The fourth-order valence-electron chi connectivity index (χ4n) is 1.69. The largest absolute Gasteiger partial charge is 0.350 e. The molecule has 0 saturated heterocycles. The van der Waals surface area contributed by atoms with Gasteiger partial charge in [-0.2, -0.15) is 0 Å². The minimum Gasteiger partial charge on any atom is -0.350 e. The van der Waals surface area contributed by atoms with E-state index in [0.29, 0.717) is 23.0 Å². The van der Waals surface area contributed by atoms with E-state index >= 15 is 0 Å². The summed E-state index contributed by atoms with van der Waals surface area (Å²) in [6, 6.07) is 5.20. The number of nitrogens with two attached hydrogens (primary N) is 1. The second-order valence-electron chi connectivity index (χ2n) is 4.37. The lowest BCUT2D eigenvalue weighted by atomic mass is 10.2. The van der Waals surface area contributed by atoms with Crippen molar-refractivity contribution in [2.45, 2.75) is 18.9 Å². The number of rotatable bonds is 4. The van der Waals surface area contributed by atoms with E-state index in [1.807, 2.05) is 0 Å². The minimum absolute atomic E-state index is 0.0709. The first kappa shape index (κ1) is 12.9. The lowest BCUT2D eigenvalue weighted by molar-refractivity contribution is 0.0950. The van der Waals surface area contributed by atoms with Gasteiger partial charge in [0.1, 0.15) is 0 Å². The van der Waals surface area contributed by atoms with E-state index < -0.39 is 0 Å². The number of nitrogens with one attached hydrogen (secondary N) is 1. The van der Waals surface area contributed by atoms with Crippen molar-refractivity contribution < 1.29 is 4.79 Å². The first-order chi connectivity index (χ1) is 8.06. The van der Waals surface area contributed by atoms with Gasteiger partial charge in [0.25, 0.3) is 5.91 Å². The maximum absolute atomic E-state index is 11.9. The summed E-state index contributed by atoms with van der Waals surface area (Å²) in [5.41, 5.74) is 6.46. The molecule has 1 aromatic carbocycles. The average Bonchev–Trinajstić information content (AvgIpc) is 3.07. The van der Waals surface area contributed by atoms with Gasteiger partial charge in [-0.05, 0) is 37.0 Å². The highest BCUT2D eigenvalue weighted by atomic mass is 79.9. The fraction of sp³-hybridized carbons (Fsp3) is 0.417. The average molecular weight is 318 g/mol. The molecule has 0 aromatic heterocycles. The van der Waals surface area contributed by atoms with Crippen LogP contribution >= 0.6 is 27.5 Å². The number of hydrogen-bond donors (Lipinski definition) is 2. The Balaban J connectivity index is 1.94. The molecule has 17 heavy (non-hydrogen) atoms. The van der Waals surface area contributed by atoms with E-state index in [9.17, 15) is 4.79 Å². The Labute approximate surface area is 114 Å². The Bertz CT molecular complexity index is 414. The summed E-state index contributed by atoms with van der Waals surface area (Å²) in [6.07, 6.45) is 2.36. The zero-order chi connectivity index (χ0) is 12.4. The van der Waals surface area contributed by atoms with Gasteiger partial charge in [0.05, 0.1) is 0 Å². The van der Waals surface area contributed by atoms with Crippen molar-refractivity contribution in [1.29, 1.82) is 0 Å². The molecule has 5 heteroatoms. The molecule has 1 fully saturated rings. The SMILES string of the molecule is NC(CNC(=O)c1cc(Cl)cc(Br)c1)C1CC1. The van der Waals surface area contributed by atoms with Crippen LogP contribution in [0.5, 0.6) is 0 Å². The van der Waals surface area contributed by atoms with Crippen molar-refractivity contribution in [2.75, 3.05) is 6.54 Å². The molecule has 3 N–H and O–H groups in total. The quantitative estimate of drug-likeness (QED) is 0.897. The maximum Gasteiger partial charge on any atom is 0.251 e. The predicted molar refractivity (Wildman–Crippen MR) is 72.2 cm³/mol. The van der Waals surface area contributed by atoms with Gasteiger partial charge in [-0.15, -0.1) is 0 Å². The second kappa shape index (κ2) is 5.38. The molecule has 1 atom stereocenters. The highest BCUT2D eigenvalue weighted by molar-refractivity contribution is 9.10. The van der Waals surface area contributed by atoms with Gasteiger partial charge < -0.3 is 11.1 Å². The monoisotopic (exact) mass is 316 g/mol. The van der Waals surface area contributed by atoms with Crippen LogP contribution in [0.4, 0.5) is 0 Å². The van der Waals surface area contributed by atoms with E-state index in [1.54, 1.807) is 18.2 Å². The molecule has 1 aliphatic rings. The standard InChI is InChI=1S/C12H14BrClN2O/c13-9-3-8(4-10(14)5-9)12(17)16-6-11(15)7-1-2-7/h3-5,7,11H,1-2,6,15H2,(H,16,17). The first-order valence-corrected chi connectivity index (χ1v) is 6.73. The van der Waals surface area contributed by atoms with Crippen LogP contribution in [0.2, 0.25) is 5.02 Å². The summed E-state index contributed by atoms with van der Waals surface area (Å²) >= 11 is 9.19. The molecule has 1 aromatic rings. The van der Waals surface area contributed by atoms with Crippen molar-refractivity contribution in [3.63, 3.8) is 0 Å². The highest BCUT2D eigenvalue weighted by Crippen LogP contribution is 2.31. The third kappa shape index (κ3) is 3.69. The Morgan fingerprint density at radius 3 is 2.82 bits per heavy atom. The summed E-state index contributed by atoms with van der Waals surface area (Å²) in [5, 5.41) is 3.37. The summed E-state index contributed by atoms with van der Waals surface area (Å²) in [6.45, 7) is 0.521. The van der Waals surface area contributed by atoms with Crippen LogP contribution in [0.25, 0.3) is 0 Å². The summed E-state index contributed by atoms with van der Waals surface area (Å²) < 4.78 is 0.793. The second-order valence-corrected chi connectivity index (χ2v) is 5.72. The minimum atomic E-state index is -0.135. The van der Waals surface area contributed by atoms with Gasteiger partial charge >= 0.3 is 0 Å². The molecule has 92 valence electrons. The molecule has 1 aliphatic carbocycles. The Morgan fingerprint density at radius 1 is 1.53 bits per heavy atom. The van der Waals surface area contributed by atoms with E-state index in [-0.39, 0.29) is 11.9 Å². The van der Waals surface area contributed by atoms with E-state index in [2.05, 4.69) is 21.2 Å². The van der Waals surface area contributed by atoms with Crippen molar-refractivity contribution in [1.82, 2.24) is 5.32 Å². The van der Waals surface area contributed by atoms with Gasteiger partial charge in [-0.1, -0.05) is 27.5 Å². The number of halogens is 2. The molecule has 0 heterocycles. The molecule has 0 aliphatic heterocycles. The Kier molecular flexibility index (Phi) is 4.07. The zero-order valence-electron chi connectivity index (χ0n) is 9.25. The van der Waals surface area contributed by atoms with Crippen LogP contribution in [0, 0.1) is 5.92 Å². The van der Waals surface area contributed by atoms with E-state index in [1.165, 1.54) is 12.8 Å². The van der Waals surface area contributed by atoms with Gasteiger partial charge in [0, 0.05) is 27.6 Å². The number of carbonyl (C=O) groups is 1. The number of hydrogen-bond acceptors (Lipinski definition) is 2. The summed E-state index contributed by atoms with van der Waals surface area (Å²) in [4.78, 5) is 11.9. The zero-order valence-corrected chi connectivity index (χ0v) is 11.6. The van der Waals surface area contributed by atoms with Gasteiger partial charge in [-0.25, -0.2) is 0 Å². The van der Waals surface area contributed by atoms with Gasteiger partial charge in [0.15, 0.2) is 0 Å². The van der Waals surface area contributed by atoms with Crippen LogP contribution in [0.3, 0.4) is 0 Å². The third-order valence-corrected chi connectivity index (χ3v) is 3.53. The molecule has 0 radical (unpaired) electrons. The summed E-state index contributed by atoms with van der Waals surface area (Å²) in [5.74, 6) is 0.450. The maximum atomic E-state index is 11.9. The molecule has 2 rings (SSSR count). The molecular weight excluding hydrogens is 304 g/mol. The number of amides is 1. The lowest BCUT2D eigenvalue weighted by Crippen LogP contribution is -2.38. The molecule has 1 saturated carbocycles. The number of carbonyl (C=O) groups excluding carboxylic acids is 1. The van der Waals surface area contributed by atoms with Crippen LogP contribution in [-0.4, -0.2) is 18.5 Å². The van der Waals surface area contributed by atoms with Crippen molar-refractivity contribution in [2.24, 2.45) is 11.7 Å². The fourth-order valence-corrected chi connectivity index (χ4v) is 2.55. The van der Waals surface area contributed by atoms with Crippen molar-refractivity contribution >= 4 is 33.4 Å². The van der Waals surface area contributed by atoms with Crippen molar-refractivity contribution in [3.8, 4) is 0 Å². The smallest absolute Gasteiger partial charge is 0.251 e. The normalized spacial score (nSPS) is 16.6. The lowest BCUT2D eigenvalue weighted by Gasteiger charge is -2.11. The topological polar surface area (TPSA) is 55.1 Å². The molecule has 1 unspecified atom stereocenters. The highest BCUT2D eigenvalue weighted by Gasteiger charge is 2.28. The van der Waals surface area contributed by atoms with Crippen molar-refractivity contribution in [3.05, 3.63) is 33.3 Å². The van der Waals surface area contributed by atoms with Crippen LogP contribution < -0.4 is 11.1 Å². The van der Waals surface area contributed by atoms with E-state index in [0.717, 1.165) is 4.47 Å². The number of benzene rings is 1. The summed E-state index contributed by atoms with van der Waals surface area (Å²) in [7, 11) is 0. The Morgan fingerprint density at radius 2 is 2.24 bits per heavy atom. The van der Waals surface area contributed by atoms with Crippen LogP contribution in [0.15, 0.2) is 22.7 Å². The van der Waals surface area contributed by atoms with Crippen LogP contribution in [0.1, 0.15) is 23.2 Å². The molecule has 0 bridgehead atoms. The third-order valence-electron chi connectivity index (χ3n) is 2.85. The molecule has 0 spiro atoms. The molecular formula is C12H14BrClN2O. The predicted octanol–water partition coefficient (Wildman–Crippen LogP) is 2.57. The molecule has 1 amide bonds.